The number of hydrogen-bond acceptors (Lipinski definition) is 5. The molecule has 64 valence electrons. The van der Waals surface area contributed by atoms with E-state index >= 15 is 0 Å². The van der Waals surface area contributed by atoms with Gasteiger partial charge in [-0.2, -0.15) is 18.3 Å². The summed E-state index contributed by atoms with van der Waals surface area (Å²) in [4.78, 5) is 0. The minimum atomic E-state index is -3.84. The van der Waals surface area contributed by atoms with Crippen LogP contribution >= 0.6 is 9.90 Å². The van der Waals surface area contributed by atoms with E-state index in [2.05, 4.69) is 8.37 Å². The Morgan fingerprint density at radius 1 is 1.50 bits per heavy atom. The van der Waals surface area contributed by atoms with Gasteiger partial charge in [0.15, 0.2) is 0 Å². The SMILES string of the molecule is COS(=O)(=O)OCCO.P. The summed E-state index contributed by atoms with van der Waals surface area (Å²) in [6.07, 6.45) is 0. The molecule has 1 atom stereocenters. The number of rotatable bonds is 4. The molecule has 7 heteroatoms. The Balaban J connectivity index is 0. The Labute approximate surface area is 63.3 Å². The normalized spacial score (nSPS) is 10.6. The lowest BCUT2D eigenvalue weighted by Gasteiger charge is -1.97. The fraction of sp³-hybridized carbons (Fsp3) is 1.00. The Hall–Kier alpha value is 0.260. The van der Waals surface area contributed by atoms with Crippen LogP contribution in [0.5, 0.6) is 0 Å². The first-order valence-electron chi connectivity index (χ1n) is 2.18. The molecule has 0 spiro atoms. The Morgan fingerprint density at radius 3 is 2.30 bits per heavy atom. The molecular weight excluding hydrogens is 179 g/mol. The van der Waals surface area contributed by atoms with Gasteiger partial charge in [-0.3, -0.25) is 4.18 Å². The van der Waals surface area contributed by atoms with E-state index in [1.807, 2.05) is 0 Å². The topological polar surface area (TPSA) is 72.8 Å². The first-order chi connectivity index (χ1) is 4.12. The fourth-order valence-electron chi connectivity index (χ4n) is 0.187. The van der Waals surface area contributed by atoms with E-state index in [9.17, 15) is 8.42 Å². The van der Waals surface area contributed by atoms with Crippen molar-refractivity contribution >= 4 is 20.3 Å². The molecular formula is C3H11O5PS. The number of aliphatic hydroxyl groups excluding tert-OH is 1. The molecule has 0 bridgehead atoms. The van der Waals surface area contributed by atoms with Gasteiger partial charge in [0.2, 0.25) is 0 Å². The lowest BCUT2D eigenvalue weighted by atomic mass is 10.8. The minimum absolute atomic E-state index is 0. The lowest BCUT2D eigenvalue weighted by Crippen LogP contribution is -2.10. The van der Waals surface area contributed by atoms with Crippen LogP contribution in [0.25, 0.3) is 0 Å². The lowest BCUT2D eigenvalue weighted by molar-refractivity contribution is 0.180. The predicted molar refractivity (Wildman–Crippen MR) is 40.1 cm³/mol. The van der Waals surface area contributed by atoms with Gasteiger partial charge in [0.25, 0.3) is 0 Å². The van der Waals surface area contributed by atoms with Crippen LogP contribution in [0.2, 0.25) is 0 Å². The Bertz CT molecular complexity index is 152. The summed E-state index contributed by atoms with van der Waals surface area (Å²) in [5, 5.41) is 8.08. The summed E-state index contributed by atoms with van der Waals surface area (Å²) >= 11 is 0. The molecule has 0 aromatic carbocycles. The van der Waals surface area contributed by atoms with E-state index in [4.69, 9.17) is 5.11 Å². The van der Waals surface area contributed by atoms with Crippen molar-refractivity contribution < 1.29 is 21.9 Å². The molecule has 0 fully saturated rings. The average molecular weight is 190 g/mol. The average Bonchev–Trinajstić information content (AvgIpc) is 1.84. The molecule has 0 aromatic rings. The van der Waals surface area contributed by atoms with Crippen LogP contribution in [0.15, 0.2) is 0 Å². The maximum absolute atomic E-state index is 10.2. The molecule has 0 saturated carbocycles. The van der Waals surface area contributed by atoms with E-state index in [1.165, 1.54) is 0 Å². The van der Waals surface area contributed by atoms with Crippen LogP contribution in [0.1, 0.15) is 0 Å². The number of aliphatic hydroxyl groups is 1. The minimum Gasteiger partial charge on any atom is -0.394 e. The molecule has 1 N–H and O–H groups in total. The first kappa shape index (κ1) is 12.9. The third-order valence-corrected chi connectivity index (χ3v) is 1.39. The molecule has 0 aliphatic carbocycles. The standard InChI is InChI=1S/C3H8O5S.H3P/c1-7-9(5,6)8-3-2-4;/h4H,2-3H2,1H3;1H3. The second-order valence-electron chi connectivity index (χ2n) is 1.12. The summed E-state index contributed by atoms with van der Waals surface area (Å²) in [5.41, 5.74) is 0. The quantitative estimate of drug-likeness (QED) is 0.572. The van der Waals surface area contributed by atoms with Crippen molar-refractivity contribution in [3.05, 3.63) is 0 Å². The van der Waals surface area contributed by atoms with E-state index in [0.717, 1.165) is 7.11 Å². The zero-order valence-corrected chi connectivity index (χ0v) is 7.84. The first-order valence-corrected chi connectivity index (χ1v) is 3.51. The summed E-state index contributed by atoms with van der Waals surface area (Å²) in [5.74, 6) is 0. The smallest absolute Gasteiger partial charge is 0.394 e. The highest BCUT2D eigenvalue weighted by molar-refractivity contribution is 7.81. The molecule has 10 heavy (non-hydrogen) atoms. The van der Waals surface area contributed by atoms with Crippen LogP contribution in [0.4, 0.5) is 0 Å². The molecule has 0 heterocycles. The summed E-state index contributed by atoms with van der Waals surface area (Å²) in [6.45, 7) is -0.612. The largest absolute Gasteiger partial charge is 0.399 e. The zero-order chi connectivity index (χ0) is 7.33. The molecule has 0 rings (SSSR count). The van der Waals surface area contributed by atoms with Gasteiger partial charge in [-0.15, -0.1) is 0 Å². The second-order valence-corrected chi connectivity index (χ2v) is 2.51. The van der Waals surface area contributed by atoms with Crippen molar-refractivity contribution in [3.8, 4) is 0 Å². The van der Waals surface area contributed by atoms with Gasteiger partial charge in [0.1, 0.15) is 0 Å². The van der Waals surface area contributed by atoms with Crippen LogP contribution in [-0.2, 0) is 18.8 Å². The molecule has 0 saturated heterocycles. The molecule has 0 amide bonds. The monoisotopic (exact) mass is 190 g/mol. The molecule has 0 aromatic heterocycles. The molecule has 1 unspecified atom stereocenters. The Kier molecular flexibility index (Phi) is 7.74. The Morgan fingerprint density at radius 2 is 2.00 bits per heavy atom. The van der Waals surface area contributed by atoms with Crippen LogP contribution in [-0.4, -0.2) is 33.8 Å². The van der Waals surface area contributed by atoms with Crippen LogP contribution < -0.4 is 0 Å². The van der Waals surface area contributed by atoms with Gasteiger partial charge >= 0.3 is 10.4 Å². The van der Waals surface area contributed by atoms with E-state index < -0.39 is 10.4 Å². The van der Waals surface area contributed by atoms with Crippen molar-refractivity contribution in [3.63, 3.8) is 0 Å². The molecule has 0 radical (unpaired) electrons. The zero-order valence-electron chi connectivity index (χ0n) is 5.61. The molecule has 5 nitrogen and oxygen atoms in total. The summed E-state index contributed by atoms with van der Waals surface area (Å²) in [6, 6.07) is 0. The third kappa shape index (κ3) is 6.38. The molecule has 0 aliphatic rings. The van der Waals surface area contributed by atoms with Crippen molar-refractivity contribution in [2.45, 2.75) is 0 Å². The third-order valence-electron chi connectivity index (χ3n) is 0.523. The van der Waals surface area contributed by atoms with Gasteiger partial charge < -0.3 is 5.11 Å². The van der Waals surface area contributed by atoms with Gasteiger partial charge in [0.05, 0.1) is 20.3 Å². The van der Waals surface area contributed by atoms with Gasteiger partial charge in [0, 0.05) is 0 Å². The second kappa shape index (κ2) is 6.00. The van der Waals surface area contributed by atoms with E-state index in [-0.39, 0.29) is 23.1 Å². The van der Waals surface area contributed by atoms with Crippen molar-refractivity contribution in [2.24, 2.45) is 0 Å². The van der Waals surface area contributed by atoms with Gasteiger partial charge in [-0.25, -0.2) is 4.18 Å². The molecule has 0 aliphatic heterocycles. The predicted octanol–water partition coefficient (Wildman–Crippen LogP) is -1.06. The number of hydrogen-bond donors (Lipinski definition) is 1. The summed E-state index contributed by atoms with van der Waals surface area (Å²) in [7, 11) is -2.86. The summed E-state index contributed by atoms with van der Waals surface area (Å²) < 4.78 is 28.3. The van der Waals surface area contributed by atoms with Crippen molar-refractivity contribution in [1.82, 2.24) is 0 Å². The highest BCUT2D eigenvalue weighted by atomic mass is 32.3. The van der Waals surface area contributed by atoms with Gasteiger partial charge in [-0.1, -0.05) is 0 Å². The fourth-order valence-corrected chi connectivity index (χ4v) is 0.562. The van der Waals surface area contributed by atoms with Crippen molar-refractivity contribution in [1.29, 1.82) is 0 Å². The van der Waals surface area contributed by atoms with Crippen molar-refractivity contribution in [2.75, 3.05) is 20.3 Å². The van der Waals surface area contributed by atoms with Crippen LogP contribution in [0, 0.1) is 0 Å². The van der Waals surface area contributed by atoms with E-state index in [1.54, 1.807) is 0 Å². The maximum atomic E-state index is 10.2. The van der Waals surface area contributed by atoms with Crippen LogP contribution in [0.3, 0.4) is 0 Å². The highest BCUT2D eigenvalue weighted by Gasteiger charge is 2.06. The maximum Gasteiger partial charge on any atom is 0.399 e. The highest BCUT2D eigenvalue weighted by Crippen LogP contribution is 1.90. The van der Waals surface area contributed by atoms with Gasteiger partial charge in [-0.05, 0) is 0 Å². The van der Waals surface area contributed by atoms with E-state index in [0.29, 0.717) is 0 Å².